The molecule has 4 nitrogen and oxygen atoms in total. The monoisotopic (exact) mass is 265 g/mol. The summed E-state index contributed by atoms with van der Waals surface area (Å²) in [4.78, 5) is 8.24. The van der Waals surface area contributed by atoms with E-state index in [1.807, 2.05) is 0 Å². The topological polar surface area (TPSA) is 47.0 Å². The van der Waals surface area contributed by atoms with Gasteiger partial charge in [-0.25, -0.2) is 18.7 Å². The second-order valence-corrected chi connectivity index (χ2v) is 3.83. The summed E-state index contributed by atoms with van der Waals surface area (Å²) in [5.74, 6) is -0.500. The Bertz CT molecular complexity index is 570. The highest BCUT2D eigenvalue weighted by Crippen LogP contribution is 2.25. The molecule has 0 radical (unpaired) electrons. The number of hydrogen-bond acceptors (Lipinski definition) is 4. The molecule has 0 spiro atoms. The van der Waals surface area contributed by atoms with Gasteiger partial charge in [-0.1, -0.05) is 6.07 Å². The van der Waals surface area contributed by atoms with E-state index in [0.29, 0.717) is 11.6 Å². The average Bonchev–Trinajstić information content (AvgIpc) is 2.38. The van der Waals surface area contributed by atoms with Crippen molar-refractivity contribution in [1.29, 1.82) is 0 Å². The molecule has 1 aromatic heterocycles. The number of nitrogens with one attached hydrogen (secondary N) is 1. The molecule has 0 saturated heterocycles. The van der Waals surface area contributed by atoms with Crippen LogP contribution in [0.2, 0.25) is 0 Å². The standard InChI is InChI=1S/C13H13F2N3O/c1-16-11-6-10(17-12(18-11)7-19-2)13-8(14)4-3-5-9(13)15/h3-6H,7H2,1-2H3,(H,16,17,18). The van der Waals surface area contributed by atoms with Gasteiger partial charge in [0.15, 0.2) is 5.82 Å². The van der Waals surface area contributed by atoms with Crippen LogP contribution in [0.5, 0.6) is 0 Å². The maximum absolute atomic E-state index is 13.7. The minimum atomic E-state index is -0.663. The molecule has 0 aliphatic heterocycles. The first-order chi connectivity index (χ1) is 9.15. The molecule has 1 heterocycles. The molecule has 1 aromatic carbocycles. The van der Waals surface area contributed by atoms with Gasteiger partial charge in [0.25, 0.3) is 0 Å². The lowest BCUT2D eigenvalue weighted by Crippen LogP contribution is -2.04. The van der Waals surface area contributed by atoms with Gasteiger partial charge in [0.2, 0.25) is 0 Å². The summed E-state index contributed by atoms with van der Waals surface area (Å²) in [6, 6.07) is 5.18. The van der Waals surface area contributed by atoms with E-state index < -0.39 is 11.6 Å². The number of nitrogens with zero attached hydrogens (tertiary/aromatic N) is 2. The molecule has 0 aliphatic carbocycles. The molecular weight excluding hydrogens is 252 g/mol. The fraction of sp³-hybridized carbons (Fsp3) is 0.231. The van der Waals surface area contributed by atoms with E-state index in [1.165, 1.54) is 31.4 Å². The molecule has 1 N–H and O–H groups in total. The van der Waals surface area contributed by atoms with E-state index in [4.69, 9.17) is 4.74 Å². The van der Waals surface area contributed by atoms with Gasteiger partial charge in [0.05, 0.1) is 11.3 Å². The summed E-state index contributed by atoms with van der Waals surface area (Å²) in [7, 11) is 3.17. The molecule has 0 aliphatic rings. The number of aromatic nitrogens is 2. The van der Waals surface area contributed by atoms with Crippen molar-refractivity contribution >= 4 is 5.82 Å². The van der Waals surface area contributed by atoms with E-state index in [1.54, 1.807) is 7.05 Å². The molecule has 0 saturated carbocycles. The molecule has 6 heteroatoms. The van der Waals surface area contributed by atoms with E-state index >= 15 is 0 Å². The third-order valence-corrected chi connectivity index (χ3v) is 2.52. The van der Waals surface area contributed by atoms with Gasteiger partial charge in [-0.3, -0.25) is 0 Å². The van der Waals surface area contributed by atoms with Crippen molar-refractivity contribution in [3.05, 3.63) is 41.7 Å². The molecule has 19 heavy (non-hydrogen) atoms. The summed E-state index contributed by atoms with van der Waals surface area (Å²) in [6.07, 6.45) is 0. The Labute approximate surface area is 109 Å². The third-order valence-electron chi connectivity index (χ3n) is 2.52. The fourth-order valence-corrected chi connectivity index (χ4v) is 1.69. The average molecular weight is 265 g/mol. The van der Waals surface area contributed by atoms with Crippen molar-refractivity contribution in [3.63, 3.8) is 0 Å². The minimum Gasteiger partial charge on any atom is -0.377 e. The smallest absolute Gasteiger partial charge is 0.157 e. The number of anilines is 1. The van der Waals surface area contributed by atoms with Gasteiger partial charge < -0.3 is 10.1 Å². The van der Waals surface area contributed by atoms with Gasteiger partial charge in [0, 0.05) is 20.2 Å². The summed E-state index contributed by atoms with van der Waals surface area (Å²) in [5, 5.41) is 2.82. The SMILES string of the molecule is CNc1cc(-c2c(F)cccc2F)nc(COC)n1. The second kappa shape index (κ2) is 5.71. The number of methoxy groups -OCH3 is 1. The Morgan fingerprint density at radius 1 is 1.21 bits per heavy atom. The highest BCUT2D eigenvalue weighted by molar-refractivity contribution is 5.63. The van der Waals surface area contributed by atoms with Crippen LogP contribution < -0.4 is 5.32 Å². The van der Waals surface area contributed by atoms with Crippen molar-refractivity contribution in [2.75, 3.05) is 19.5 Å². The van der Waals surface area contributed by atoms with Gasteiger partial charge in [0.1, 0.15) is 24.1 Å². The normalized spacial score (nSPS) is 10.5. The Hall–Kier alpha value is -2.08. The van der Waals surface area contributed by atoms with E-state index in [9.17, 15) is 8.78 Å². The lowest BCUT2D eigenvalue weighted by Gasteiger charge is -2.09. The maximum atomic E-state index is 13.7. The van der Waals surface area contributed by atoms with Gasteiger partial charge >= 0.3 is 0 Å². The molecule has 2 aromatic rings. The third kappa shape index (κ3) is 2.85. The van der Waals surface area contributed by atoms with Crippen molar-refractivity contribution in [2.24, 2.45) is 0 Å². The molecular formula is C13H13F2N3O. The molecule has 0 amide bonds. The van der Waals surface area contributed by atoms with Crippen LogP contribution in [0.4, 0.5) is 14.6 Å². The van der Waals surface area contributed by atoms with Crippen molar-refractivity contribution in [3.8, 4) is 11.3 Å². The van der Waals surface area contributed by atoms with Crippen LogP contribution in [0.25, 0.3) is 11.3 Å². The molecule has 0 atom stereocenters. The zero-order valence-electron chi connectivity index (χ0n) is 10.6. The highest BCUT2D eigenvalue weighted by Gasteiger charge is 2.14. The number of halogens is 2. The summed E-state index contributed by atoms with van der Waals surface area (Å²) < 4.78 is 32.4. The van der Waals surface area contributed by atoms with E-state index in [2.05, 4.69) is 15.3 Å². The first-order valence-corrected chi connectivity index (χ1v) is 5.64. The lowest BCUT2D eigenvalue weighted by molar-refractivity contribution is 0.178. The molecule has 0 fully saturated rings. The van der Waals surface area contributed by atoms with Crippen molar-refractivity contribution in [2.45, 2.75) is 6.61 Å². The van der Waals surface area contributed by atoms with Crippen molar-refractivity contribution in [1.82, 2.24) is 9.97 Å². The first-order valence-electron chi connectivity index (χ1n) is 5.64. The number of hydrogen-bond donors (Lipinski definition) is 1. The molecule has 0 bridgehead atoms. The second-order valence-electron chi connectivity index (χ2n) is 3.83. The van der Waals surface area contributed by atoms with Crippen LogP contribution in [-0.4, -0.2) is 24.1 Å². The largest absolute Gasteiger partial charge is 0.377 e. The lowest BCUT2D eigenvalue weighted by atomic mass is 10.1. The number of rotatable bonds is 4. The minimum absolute atomic E-state index is 0.165. The van der Waals surface area contributed by atoms with E-state index in [0.717, 1.165) is 0 Å². The van der Waals surface area contributed by atoms with Crippen LogP contribution in [0.3, 0.4) is 0 Å². The number of benzene rings is 1. The molecule has 100 valence electrons. The fourth-order valence-electron chi connectivity index (χ4n) is 1.69. The number of ether oxygens (including phenoxy) is 1. The Balaban J connectivity index is 2.57. The van der Waals surface area contributed by atoms with Crippen LogP contribution >= 0.6 is 0 Å². The Morgan fingerprint density at radius 2 is 1.89 bits per heavy atom. The van der Waals surface area contributed by atoms with Crippen LogP contribution in [-0.2, 0) is 11.3 Å². The molecule has 0 unspecified atom stereocenters. The Morgan fingerprint density at radius 3 is 2.47 bits per heavy atom. The van der Waals surface area contributed by atoms with Gasteiger partial charge in [-0.15, -0.1) is 0 Å². The maximum Gasteiger partial charge on any atom is 0.157 e. The predicted molar refractivity (Wildman–Crippen MR) is 67.6 cm³/mol. The summed E-state index contributed by atoms with van der Waals surface area (Å²) in [5.41, 5.74) is 0.0146. The molecule has 2 rings (SSSR count). The zero-order chi connectivity index (χ0) is 13.8. The zero-order valence-corrected chi connectivity index (χ0v) is 10.6. The Kier molecular flexibility index (Phi) is 4.01. The summed E-state index contributed by atoms with van der Waals surface area (Å²) >= 11 is 0. The van der Waals surface area contributed by atoms with Gasteiger partial charge in [-0.2, -0.15) is 0 Å². The van der Waals surface area contributed by atoms with Gasteiger partial charge in [-0.05, 0) is 12.1 Å². The first kappa shape index (κ1) is 13.4. The van der Waals surface area contributed by atoms with Crippen LogP contribution in [0, 0.1) is 11.6 Å². The van der Waals surface area contributed by atoms with E-state index in [-0.39, 0.29) is 17.9 Å². The van der Waals surface area contributed by atoms with Crippen molar-refractivity contribution < 1.29 is 13.5 Å². The van der Waals surface area contributed by atoms with Crippen LogP contribution in [0.1, 0.15) is 5.82 Å². The highest BCUT2D eigenvalue weighted by atomic mass is 19.1. The quantitative estimate of drug-likeness (QED) is 0.923. The summed E-state index contributed by atoms with van der Waals surface area (Å²) in [6.45, 7) is 0.165. The predicted octanol–water partition coefficient (Wildman–Crippen LogP) is 2.61. The van der Waals surface area contributed by atoms with Crippen LogP contribution in [0.15, 0.2) is 24.3 Å².